The highest BCUT2D eigenvalue weighted by Crippen LogP contribution is 2.27. The smallest absolute Gasteiger partial charge is 0.227 e. The van der Waals surface area contributed by atoms with Crippen LogP contribution in [0.1, 0.15) is 27.2 Å². The van der Waals surface area contributed by atoms with Gasteiger partial charge in [0.05, 0.1) is 5.69 Å². The van der Waals surface area contributed by atoms with Crippen molar-refractivity contribution in [1.82, 2.24) is 4.98 Å². The average molecular weight is 249 g/mol. The molecular weight excluding hydrogens is 226 g/mol. The molecule has 0 aliphatic carbocycles. The van der Waals surface area contributed by atoms with Crippen LogP contribution in [0.4, 0.5) is 11.5 Å². The maximum atomic E-state index is 12.2. The third-order valence-electron chi connectivity index (χ3n) is 2.61. The van der Waals surface area contributed by atoms with Gasteiger partial charge in [0.2, 0.25) is 5.91 Å². The van der Waals surface area contributed by atoms with Gasteiger partial charge in [0.25, 0.3) is 0 Å². The molecule has 4 nitrogen and oxygen atoms in total. The van der Waals surface area contributed by atoms with E-state index < -0.39 is 0 Å². The average Bonchev–Trinajstić information content (AvgIpc) is 2.25. The second-order valence-corrected chi connectivity index (χ2v) is 5.93. The van der Waals surface area contributed by atoms with Gasteiger partial charge in [-0.05, 0) is 17.5 Å². The molecule has 1 heterocycles. The molecule has 0 spiro atoms. The van der Waals surface area contributed by atoms with E-state index in [1.807, 2.05) is 31.1 Å². The van der Waals surface area contributed by atoms with E-state index in [1.165, 1.54) is 0 Å². The van der Waals surface area contributed by atoms with Crippen molar-refractivity contribution in [3.05, 3.63) is 18.3 Å². The maximum Gasteiger partial charge on any atom is 0.227 e. The third kappa shape index (κ3) is 3.72. The van der Waals surface area contributed by atoms with Crippen LogP contribution in [-0.2, 0) is 4.79 Å². The number of nitrogens with zero attached hydrogens (tertiary/aromatic N) is 3. The molecule has 0 aromatic carbocycles. The Morgan fingerprint density at radius 1 is 1.28 bits per heavy atom. The third-order valence-corrected chi connectivity index (χ3v) is 2.61. The number of hydrogen-bond donors (Lipinski definition) is 0. The lowest BCUT2D eigenvalue weighted by Crippen LogP contribution is -2.31. The van der Waals surface area contributed by atoms with Crippen molar-refractivity contribution >= 4 is 17.4 Å². The molecule has 1 aromatic heterocycles. The standard InChI is InChI=1S/C14H23N3O/c1-14(2,3)10-12(18)17(6)11-8-7-9-15-13(11)16(4)5/h7-9H,10H2,1-6H3. The summed E-state index contributed by atoms with van der Waals surface area (Å²) in [7, 11) is 5.65. The normalized spacial score (nSPS) is 11.2. The van der Waals surface area contributed by atoms with Crippen LogP contribution in [0.2, 0.25) is 0 Å². The maximum absolute atomic E-state index is 12.2. The van der Waals surface area contributed by atoms with Gasteiger partial charge in [0.15, 0.2) is 5.82 Å². The van der Waals surface area contributed by atoms with Crippen molar-refractivity contribution in [3.8, 4) is 0 Å². The van der Waals surface area contributed by atoms with Crippen molar-refractivity contribution < 1.29 is 4.79 Å². The fraction of sp³-hybridized carbons (Fsp3) is 0.571. The fourth-order valence-corrected chi connectivity index (χ4v) is 1.70. The van der Waals surface area contributed by atoms with Crippen LogP contribution in [0.5, 0.6) is 0 Å². The van der Waals surface area contributed by atoms with Crippen molar-refractivity contribution in [1.29, 1.82) is 0 Å². The molecule has 0 bridgehead atoms. The molecule has 0 N–H and O–H groups in total. The van der Waals surface area contributed by atoms with Crippen LogP contribution < -0.4 is 9.80 Å². The van der Waals surface area contributed by atoms with Crippen LogP contribution in [0.15, 0.2) is 18.3 Å². The SMILES string of the molecule is CN(C)c1ncccc1N(C)C(=O)CC(C)(C)C. The summed E-state index contributed by atoms with van der Waals surface area (Å²) in [5.41, 5.74) is 0.836. The first-order valence-electron chi connectivity index (χ1n) is 6.11. The molecular formula is C14H23N3O. The fourth-order valence-electron chi connectivity index (χ4n) is 1.70. The summed E-state index contributed by atoms with van der Waals surface area (Å²) < 4.78 is 0. The molecule has 0 radical (unpaired) electrons. The minimum atomic E-state index is -0.00810. The van der Waals surface area contributed by atoms with Gasteiger partial charge in [-0.15, -0.1) is 0 Å². The number of pyridine rings is 1. The van der Waals surface area contributed by atoms with Gasteiger partial charge in [0.1, 0.15) is 0 Å². The highest BCUT2D eigenvalue weighted by atomic mass is 16.2. The molecule has 1 rings (SSSR count). The quantitative estimate of drug-likeness (QED) is 0.826. The van der Waals surface area contributed by atoms with Gasteiger partial charge in [-0.3, -0.25) is 4.79 Å². The van der Waals surface area contributed by atoms with Gasteiger partial charge in [-0.2, -0.15) is 0 Å². The van der Waals surface area contributed by atoms with E-state index in [9.17, 15) is 4.79 Å². The van der Waals surface area contributed by atoms with E-state index in [2.05, 4.69) is 25.8 Å². The first kappa shape index (κ1) is 14.5. The van der Waals surface area contributed by atoms with E-state index in [0.717, 1.165) is 11.5 Å². The highest BCUT2D eigenvalue weighted by Gasteiger charge is 2.21. The Balaban J connectivity index is 2.97. The largest absolute Gasteiger partial charge is 0.361 e. The molecule has 0 saturated carbocycles. The lowest BCUT2D eigenvalue weighted by molar-refractivity contribution is -0.120. The number of hydrogen-bond acceptors (Lipinski definition) is 3. The number of anilines is 2. The summed E-state index contributed by atoms with van der Waals surface area (Å²) in [4.78, 5) is 20.1. The Hall–Kier alpha value is -1.58. The van der Waals surface area contributed by atoms with E-state index >= 15 is 0 Å². The lowest BCUT2D eigenvalue weighted by Gasteiger charge is -2.26. The van der Waals surface area contributed by atoms with Crippen LogP contribution in [0.25, 0.3) is 0 Å². The zero-order valence-corrected chi connectivity index (χ0v) is 12.2. The van der Waals surface area contributed by atoms with E-state index in [1.54, 1.807) is 18.1 Å². The summed E-state index contributed by atoms with van der Waals surface area (Å²) >= 11 is 0. The molecule has 0 aliphatic heterocycles. The minimum Gasteiger partial charge on any atom is -0.361 e. The number of rotatable bonds is 3. The van der Waals surface area contributed by atoms with Crippen molar-refractivity contribution in [2.24, 2.45) is 5.41 Å². The van der Waals surface area contributed by atoms with Crippen molar-refractivity contribution in [2.75, 3.05) is 30.9 Å². The summed E-state index contributed by atoms with van der Waals surface area (Å²) in [5, 5.41) is 0. The van der Waals surface area contributed by atoms with Gasteiger partial charge in [-0.1, -0.05) is 20.8 Å². The van der Waals surface area contributed by atoms with E-state index in [0.29, 0.717) is 6.42 Å². The molecule has 0 fully saturated rings. The van der Waals surface area contributed by atoms with Crippen LogP contribution in [0, 0.1) is 5.41 Å². The van der Waals surface area contributed by atoms with Crippen LogP contribution in [-0.4, -0.2) is 32.0 Å². The highest BCUT2D eigenvalue weighted by molar-refractivity contribution is 5.95. The molecule has 100 valence electrons. The Bertz CT molecular complexity index is 421. The van der Waals surface area contributed by atoms with Crippen molar-refractivity contribution in [2.45, 2.75) is 27.2 Å². The summed E-state index contributed by atoms with van der Waals surface area (Å²) in [6.45, 7) is 6.19. The van der Waals surface area contributed by atoms with E-state index in [-0.39, 0.29) is 11.3 Å². The van der Waals surface area contributed by atoms with Crippen molar-refractivity contribution in [3.63, 3.8) is 0 Å². The zero-order valence-electron chi connectivity index (χ0n) is 12.2. The Labute approximate surface area is 110 Å². The summed E-state index contributed by atoms with van der Waals surface area (Å²) in [5.74, 6) is 0.917. The summed E-state index contributed by atoms with van der Waals surface area (Å²) in [6, 6.07) is 3.77. The summed E-state index contributed by atoms with van der Waals surface area (Å²) in [6.07, 6.45) is 2.26. The topological polar surface area (TPSA) is 36.4 Å². The van der Waals surface area contributed by atoms with Gasteiger partial charge < -0.3 is 9.80 Å². The van der Waals surface area contributed by atoms with Gasteiger partial charge in [-0.25, -0.2) is 4.98 Å². The van der Waals surface area contributed by atoms with Crippen LogP contribution in [0.3, 0.4) is 0 Å². The molecule has 0 unspecified atom stereocenters. The molecule has 0 atom stereocenters. The number of amides is 1. The number of carbonyl (C=O) groups is 1. The number of carbonyl (C=O) groups excluding carboxylic acids is 1. The molecule has 1 aromatic rings. The number of aromatic nitrogens is 1. The van der Waals surface area contributed by atoms with Gasteiger partial charge >= 0.3 is 0 Å². The molecule has 0 saturated heterocycles. The molecule has 4 heteroatoms. The minimum absolute atomic E-state index is 0.00810. The molecule has 1 amide bonds. The molecule has 18 heavy (non-hydrogen) atoms. The second-order valence-electron chi connectivity index (χ2n) is 5.93. The Morgan fingerprint density at radius 3 is 2.39 bits per heavy atom. The first-order chi connectivity index (χ1) is 8.22. The van der Waals surface area contributed by atoms with E-state index in [4.69, 9.17) is 0 Å². The predicted molar refractivity (Wildman–Crippen MR) is 76.0 cm³/mol. The predicted octanol–water partition coefficient (Wildman–Crippen LogP) is 2.55. The van der Waals surface area contributed by atoms with Crippen LogP contribution >= 0.6 is 0 Å². The zero-order chi connectivity index (χ0) is 13.9. The molecule has 0 aliphatic rings. The van der Waals surface area contributed by atoms with Gasteiger partial charge in [0, 0.05) is 33.8 Å². The monoisotopic (exact) mass is 249 g/mol. The first-order valence-corrected chi connectivity index (χ1v) is 6.11. The Kier molecular flexibility index (Phi) is 4.33. The Morgan fingerprint density at radius 2 is 1.89 bits per heavy atom. The second kappa shape index (κ2) is 5.38. The lowest BCUT2D eigenvalue weighted by atomic mass is 9.91.